The third-order valence-electron chi connectivity index (χ3n) is 5.63. The van der Waals surface area contributed by atoms with Gasteiger partial charge < -0.3 is 9.84 Å². The summed E-state index contributed by atoms with van der Waals surface area (Å²) >= 11 is 0. The Balaban J connectivity index is 1.92. The highest BCUT2D eigenvalue weighted by molar-refractivity contribution is 5.87. The minimum Gasteiger partial charge on any atom is -0.396 e. The molecule has 1 N–H and O–H groups in total. The van der Waals surface area contributed by atoms with Crippen LogP contribution in [0.3, 0.4) is 0 Å². The predicted octanol–water partition coefficient (Wildman–Crippen LogP) is 3.27. The zero-order valence-corrected chi connectivity index (χ0v) is 11.6. The van der Waals surface area contributed by atoms with Crippen molar-refractivity contribution >= 4 is 10.8 Å². The second kappa shape index (κ2) is 4.31. The Kier molecular flexibility index (Phi) is 2.66. The molecule has 4 rings (SSSR count). The lowest BCUT2D eigenvalue weighted by molar-refractivity contribution is -0.172. The highest BCUT2D eigenvalue weighted by Gasteiger charge is 2.59. The van der Waals surface area contributed by atoms with E-state index in [1.54, 1.807) is 0 Å². The fraction of sp³-hybridized carbons (Fsp3) is 0.444. The van der Waals surface area contributed by atoms with Gasteiger partial charge in [-0.25, -0.2) is 0 Å². The zero-order chi connectivity index (χ0) is 13.6. The van der Waals surface area contributed by atoms with Crippen molar-refractivity contribution in [3.8, 4) is 0 Å². The summed E-state index contributed by atoms with van der Waals surface area (Å²) in [4.78, 5) is 0. The molecule has 0 radical (unpaired) electrons. The third kappa shape index (κ3) is 1.41. The minimum atomic E-state index is 0.0147. The number of rotatable bonds is 3. The van der Waals surface area contributed by atoms with Gasteiger partial charge in [-0.3, -0.25) is 0 Å². The molecule has 0 atom stereocenters. The Morgan fingerprint density at radius 1 is 1.00 bits per heavy atom. The first-order valence-corrected chi connectivity index (χ1v) is 7.48. The molecule has 20 heavy (non-hydrogen) atoms. The number of aliphatic hydroxyl groups excluding tert-OH is 1. The first kappa shape index (κ1) is 12.4. The number of ether oxygens (including phenoxy) is 1. The fourth-order valence-electron chi connectivity index (χ4n) is 4.09. The van der Waals surface area contributed by atoms with Gasteiger partial charge in [-0.1, -0.05) is 48.9 Å². The molecule has 2 fully saturated rings. The lowest BCUT2D eigenvalue weighted by Gasteiger charge is -2.60. The summed E-state index contributed by atoms with van der Waals surface area (Å²) in [6.45, 7) is 1.78. The summed E-state index contributed by atoms with van der Waals surface area (Å²) in [7, 11) is 0. The van der Waals surface area contributed by atoms with Gasteiger partial charge in [0.25, 0.3) is 0 Å². The van der Waals surface area contributed by atoms with Crippen molar-refractivity contribution in [2.75, 3.05) is 19.8 Å². The van der Waals surface area contributed by atoms with Gasteiger partial charge in [0.1, 0.15) is 0 Å². The van der Waals surface area contributed by atoms with Gasteiger partial charge in [-0.15, -0.1) is 0 Å². The van der Waals surface area contributed by atoms with Crippen molar-refractivity contribution in [1.29, 1.82) is 0 Å². The molecule has 0 spiro atoms. The minimum absolute atomic E-state index is 0.0147. The van der Waals surface area contributed by atoms with E-state index in [-0.39, 0.29) is 17.4 Å². The molecule has 0 amide bonds. The van der Waals surface area contributed by atoms with E-state index in [1.165, 1.54) is 22.8 Å². The summed E-state index contributed by atoms with van der Waals surface area (Å²) in [5.41, 5.74) is 1.42. The molecule has 1 aliphatic heterocycles. The second-order valence-corrected chi connectivity index (χ2v) is 6.39. The second-order valence-electron chi connectivity index (χ2n) is 6.39. The Labute approximate surface area is 119 Å². The monoisotopic (exact) mass is 268 g/mol. The van der Waals surface area contributed by atoms with Crippen molar-refractivity contribution in [3.05, 3.63) is 48.0 Å². The standard InChI is InChI=1S/C18H20O2/c19-11-17(9-4-10-17)18(12-20-13-18)16-8-3-6-14-5-1-2-7-15(14)16/h1-3,5-8,19H,4,9-13H2. The molecule has 2 aromatic rings. The lowest BCUT2D eigenvalue weighted by atomic mass is 9.49. The topological polar surface area (TPSA) is 29.5 Å². The lowest BCUT2D eigenvalue weighted by Crippen LogP contribution is -2.63. The van der Waals surface area contributed by atoms with Crippen LogP contribution in [0.15, 0.2) is 42.5 Å². The maximum atomic E-state index is 10.0. The van der Waals surface area contributed by atoms with Crippen LogP contribution in [-0.4, -0.2) is 24.9 Å². The van der Waals surface area contributed by atoms with Crippen LogP contribution in [0.4, 0.5) is 0 Å². The van der Waals surface area contributed by atoms with Gasteiger partial charge >= 0.3 is 0 Å². The number of hydrogen-bond donors (Lipinski definition) is 1. The largest absolute Gasteiger partial charge is 0.396 e. The number of fused-ring (bicyclic) bond motifs is 1. The van der Waals surface area contributed by atoms with Crippen LogP contribution in [0.1, 0.15) is 24.8 Å². The first-order valence-electron chi connectivity index (χ1n) is 7.48. The molecule has 1 saturated carbocycles. The molecule has 2 nitrogen and oxygen atoms in total. The molecule has 1 aliphatic carbocycles. The highest BCUT2D eigenvalue weighted by Crippen LogP contribution is 2.59. The van der Waals surface area contributed by atoms with E-state index in [1.807, 2.05) is 0 Å². The molecule has 0 unspecified atom stereocenters. The molecule has 2 heteroatoms. The van der Waals surface area contributed by atoms with Crippen LogP contribution in [0.5, 0.6) is 0 Å². The molecule has 1 heterocycles. The normalized spacial score (nSPS) is 23.1. The first-order chi connectivity index (χ1) is 9.81. The van der Waals surface area contributed by atoms with Crippen molar-refractivity contribution in [2.24, 2.45) is 5.41 Å². The Bertz CT molecular complexity index is 628. The quantitative estimate of drug-likeness (QED) is 0.925. The molecule has 104 valence electrons. The highest BCUT2D eigenvalue weighted by atomic mass is 16.5. The molecule has 0 aromatic heterocycles. The average molecular weight is 268 g/mol. The SMILES string of the molecule is OCC1(C2(c3cccc4ccccc34)COC2)CCC1. The fourth-order valence-corrected chi connectivity index (χ4v) is 4.09. The van der Waals surface area contributed by atoms with Crippen LogP contribution in [0.25, 0.3) is 10.8 Å². The molecule has 0 bridgehead atoms. The molecular formula is C18H20O2. The van der Waals surface area contributed by atoms with Crippen molar-refractivity contribution in [3.63, 3.8) is 0 Å². The van der Waals surface area contributed by atoms with E-state index in [0.29, 0.717) is 0 Å². The van der Waals surface area contributed by atoms with E-state index < -0.39 is 0 Å². The van der Waals surface area contributed by atoms with Gasteiger partial charge in [0, 0.05) is 12.0 Å². The van der Waals surface area contributed by atoms with Crippen LogP contribution in [-0.2, 0) is 10.2 Å². The van der Waals surface area contributed by atoms with E-state index >= 15 is 0 Å². The van der Waals surface area contributed by atoms with Crippen molar-refractivity contribution in [1.82, 2.24) is 0 Å². The zero-order valence-electron chi connectivity index (χ0n) is 11.6. The van der Waals surface area contributed by atoms with Gasteiger partial charge in [-0.2, -0.15) is 0 Å². The van der Waals surface area contributed by atoms with Crippen molar-refractivity contribution in [2.45, 2.75) is 24.7 Å². The Morgan fingerprint density at radius 2 is 1.75 bits per heavy atom. The van der Waals surface area contributed by atoms with Crippen LogP contribution < -0.4 is 0 Å². The maximum absolute atomic E-state index is 10.0. The summed E-state index contributed by atoms with van der Waals surface area (Å²) < 4.78 is 5.61. The predicted molar refractivity (Wildman–Crippen MR) is 79.8 cm³/mol. The smallest absolute Gasteiger partial charge is 0.0592 e. The maximum Gasteiger partial charge on any atom is 0.0592 e. The van der Waals surface area contributed by atoms with Crippen molar-refractivity contribution < 1.29 is 9.84 Å². The van der Waals surface area contributed by atoms with E-state index in [9.17, 15) is 5.11 Å². The summed E-state index contributed by atoms with van der Waals surface area (Å²) in [5.74, 6) is 0. The number of benzene rings is 2. The molecule has 2 aromatic carbocycles. The molecular weight excluding hydrogens is 248 g/mol. The summed E-state index contributed by atoms with van der Waals surface area (Å²) in [6, 6.07) is 15.1. The third-order valence-corrected chi connectivity index (χ3v) is 5.63. The van der Waals surface area contributed by atoms with E-state index in [0.717, 1.165) is 26.1 Å². The van der Waals surface area contributed by atoms with Gasteiger partial charge in [0.05, 0.1) is 18.6 Å². The van der Waals surface area contributed by atoms with Crippen LogP contribution in [0.2, 0.25) is 0 Å². The number of hydrogen-bond acceptors (Lipinski definition) is 2. The molecule has 1 saturated heterocycles. The summed E-state index contributed by atoms with van der Waals surface area (Å²) in [6.07, 6.45) is 3.47. The van der Waals surface area contributed by atoms with E-state index in [2.05, 4.69) is 42.5 Å². The molecule has 2 aliphatic rings. The Morgan fingerprint density at radius 3 is 2.35 bits per heavy atom. The van der Waals surface area contributed by atoms with Crippen LogP contribution >= 0.6 is 0 Å². The number of aliphatic hydroxyl groups is 1. The van der Waals surface area contributed by atoms with Crippen LogP contribution in [0, 0.1) is 5.41 Å². The summed E-state index contributed by atoms with van der Waals surface area (Å²) in [5, 5.41) is 12.6. The van der Waals surface area contributed by atoms with Gasteiger partial charge in [0.15, 0.2) is 0 Å². The average Bonchev–Trinajstić information content (AvgIpc) is 2.40. The van der Waals surface area contributed by atoms with E-state index in [4.69, 9.17) is 4.74 Å². The Hall–Kier alpha value is -1.38. The van der Waals surface area contributed by atoms with Gasteiger partial charge in [0.2, 0.25) is 0 Å². The van der Waals surface area contributed by atoms with Gasteiger partial charge in [-0.05, 0) is 29.2 Å².